The van der Waals surface area contributed by atoms with Crippen molar-refractivity contribution >= 4 is 17.7 Å². The summed E-state index contributed by atoms with van der Waals surface area (Å²) < 4.78 is 6.61. The minimum atomic E-state index is -1.02. The predicted molar refractivity (Wildman–Crippen MR) is 98.3 cm³/mol. The quantitative estimate of drug-likeness (QED) is 0.544. The molecule has 2 aromatic rings. The number of ether oxygens (including phenoxy) is 1. The summed E-state index contributed by atoms with van der Waals surface area (Å²) in [6.45, 7) is 0.526. The average Bonchev–Trinajstić information content (AvgIpc) is 2.68. The maximum absolute atomic E-state index is 12.5. The van der Waals surface area contributed by atoms with E-state index in [0.717, 1.165) is 10.7 Å². The van der Waals surface area contributed by atoms with Crippen LogP contribution in [0.4, 0.5) is 10.5 Å². The number of nitro groups is 1. The smallest absolute Gasteiger partial charge is 0.407 e. The maximum Gasteiger partial charge on any atom is 0.407 e. The van der Waals surface area contributed by atoms with Crippen LogP contribution in [-0.4, -0.2) is 55.9 Å². The number of nitro benzene ring substituents is 1. The fraction of sp³-hybridized carbons (Fsp3) is 0.294. The SMILES string of the molecule is NC(=O)c1nn(-c2ccc([N+](=O)[O-])cc2)c(=O)cc1OC1CCN(C(=O)O)CC1. The van der Waals surface area contributed by atoms with Gasteiger partial charge in [0.05, 0.1) is 16.7 Å². The van der Waals surface area contributed by atoms with Crippen LogP contribution in [0.25, 0.3) is 5.69 Å². The van der Waals surface area contributed by atoms with Gasteiger partial charge in [-0.1, -0.05) is 0 Å². The standard InChI is InChI=1S/C17H17N5O7/c18-16(24)15-13(29-12-5-7-20(8-6-12)17(25)26)9-14(23)21(19-15)10-1-3-11(4-2-10)22(27)28/h1-4,9,12H,5-8H2,(H2,18,24)(H,25,26). The summed E-state index contributed by atoms with van der Waals surface area (Å²) in [5, 5.41) is 23.7. The second-order valence-corrected chi connectivity index (χ2v) is 6.33. The van der Waals surface area contributed by atoms with Crippen molar-refractivity contribution in [1.82, 2.24) is 14.7 Å². The molecule has 2 heterocycles. The number of primary amides is 1. The molecule has 12 heteroatoms. The molecule has 0 saturated carbocycles. The van der Waals surface area contributed by atoms with Crippen LogP contribution in [0.15, 0.2) is 35.1 Å². The van der Waals surface area contributed by atoms with Crippen LogP contribution >= 0.6 is 0 Å². The number of benzene rings is 1. The molecule has 3 N–H and O–H groups in total. The Bertz CT molecular complexity index is 1010. The Labute approximate surface area is 163 Å². The Morgan fingerprint density at radius 2 is 1.86 bits per heavy atom. The molecule has 1 saturated heterocycles. The molecule has 0 aliphatic carbocycles. The largest absolute Gasteiger partial charge is 0.488 e. The molecule has 0 atom stereocenters. The number of amides is 2. The summed E-state index contributed by atoms with van der Waals surface area (Å²) in [6, 6.07) is 6.11. The molecule has 0 spiro atoms. The summed E-state index contributed by atoms with van der Waals surface area (Å²) in [5.74, 6) is -1.01. The Morgan fingerprint density at radius 3 is 2.38 bits per heavy atom. The zero-order valence-corrected chi connectivity index (χ0v) is 15.1. The Kier molecular flexibility index (Phi) is 5.43. The normalized spacial score (nSPS) is 14.4. The number of nitrogens with zero attached hydrogens (tertiary/aromatic N) is 4. The number of hydrogen-bond donors (Lipinski definition) is 2. The van der Waals surface area contributed by atoms with E-state index >= 15 is 0 Å². The van der Waals surface area contributed by atoms with Gasteiger partial charge in [-0.25, -0.2) is 4.79 Å². The monoisotopic (exact) mass is 403 g/mol. The van der Waals surface area contributed by atoms with Crippen molar-refractivity contribution in [3.8, 4) is 11.4 Å². The molecule has 1 aliphatic rings. The number of carbonyl (C=O) groups excluding carboxylic acids is 1. The Hall–Kier alpha value is -3.96. The number of hydrogen-bond acceptors (Lipinski definition) is 7. The molecule has 2 amide bonds. The van der Waals surface area contributed by atoms with Crippen LogP contribution in [0.5, 0.6) is 5.75 Å². The first-order chi connectivity index (χ1) is 13.8. The van der Waals surface area contributed by atoms with Crippen molar-refractivity contribution in [1.29, 1.82) is 0 Å². The highest BCUT2D eigenvalue weighted by molar-refractivity contribution is 5.93. The van der Waals surface area contributed by atoms with Gasteiger partial charge >= 0.3 is 6.09 Å². The van der Waals surface area contributed by atoms with E-state index in [-0.39, 0.29) is 35.9 Å². The van der Waals surface area contributed by atoms with Crippen LogP contribution in [0.3, 0.4) is 0 Å². The van der Waals surface area contributed by atoms with Crippen molar-refractivity contribution in [2.24, 2.45) is 5.73 Å². The van der Waals surface area contributed by atoms with Crippen LogP contribution in [0.1, 0.15) is 23.3 Å². The van der Waals surface area contributed by atoms with Gasteiger partial charge in [0, 0.05) is 38.1 Å². The molecule has 29 heavy (non-hydrogen) atoms. The summed E-state index contributed by atoms with van der Waals surface area (Å²) >= 11 is 0. The van der Waals surface area contributed by atoms with Crippen LogP contribution in [0.2, 0.25) is 0 Å². The first-order valence-electron chi connectivity index (χ1n) is 8.60. The molecule has 1 aliphatic heterocycles. The molecule has 1 aromatic heterocycles. The van der Waals surface area contributed by atoms with E-state index in [1.807, 2.05) is 0 Å². The third-order valence-corrected chi connectivity index (χ3v) is 4.44. The van der Waals surface area contributed by atoms with E-state index < -0.39 is 28.6 Å². The number of nitrogens with two attached hydrogens (primary N) is 1. The second kappa shape index (κ2) is 7.96. The molecule has 1 aromatic carbocycles. The maximum atomic E-state index is 12.5. The number of rotatable bonds is 5. The lowest BCUT2D eigenvalue weighted by Gasteiger charge is -2.30. The highest BCUT2D eigenvalue weighted by Crippen LogP contribution is 2.21. The Morgan fingerprint density at radius 1 is 1.24 bits per heavy atom. The lowest BCUT2D eigenvalue weighted by molar-refractivity contribution is -0.384. The minimum Gasteiger partial charge on any atom is -0.488 e. The van der Waals surface area contributed by atoms with Gasteiger partial charge in [0.1, 0.15) is 6.10 Å². The summed E-state index contributed by atoms with van der Waals surface area (Å²) in [5.41, 5.74) is 4.52. The first kappa shape index (κ1) is 19.8. The van der Waals surface area contributed by atoms with Gasteiger partial charge in [-0.05, 0) is 12.1 Å². The van der Waals surface area contributed by atoms with E-state index in [1.165, 1.54) is 29.2 Å². The molecular weight excluding hydrogens is 386 g/mol. The van der Waals surface area contributed by atoms with E-state index in [4.69, 9.17) is 15.6 Å². The van der Waals surface area contributed by atoms with Gasteiger partial charge in [0.15, 0.2) is 11.4 Å². The summed E-state index contributed by atoms with van der Waals surface area (Å²) in [6.07, 6.45) is -0.653. The molecular formula is C17H17N5O7. The molecule has 1 fully saturated rings. The highest BCUT2D eigenvalue weighted by atomic mass is 16.6. The lowest BCUT2D eigenvalue weighted by Crippen LogP contribution is -2.41. The lowest BCUT2D eigenvalue weighted by atomic mass is 10.1. The van der Waals surface area contributed by atoms with Crippen LogP contribution in [-0.2, 0) is 0 Å². The summed E-state index contributed by atoms with van der Waals surface area (Å²) in [7, 11) is 0. The number of carboxylic acid groups (broad SMARTS) is 1. The third-order valence-electron chi connectivity index (χ3n) is 4.44. The molecule has 3 rings (SSSR count). The van der Waals surface area contributed by atoms with Crippen LogP contribution in [0, 0.1) is 10.1 Å². The third kappa shape index (κ3) is 4.31. The molecule has 0 unspecified atom stereocenters. The fourth-order valence-corrected chi connectivity index (χ4v) is 2.95. The van der Waals surface area contributed by atoms with Crippen molar-refractivity contribution in [2.45, 2.75) is 18.9 Å². The van der Waals surface area contributed by atoms with Gasteiger partial charge in [-0.15, -0.1) is 0 Å². The minimum absolute atomic E-state index is 0.0885. The van der Waals surface area contributed by atoms with Crippen LogP contribution < -0.4 is 16.0 Å². The van der Waals surface area contributed by atoms with E-state index in [1.54, 1.807) is 0 Å². The van der Waals surface area contributed by atoms with Crippen molar-refractivity contribution in [2.75, 3.05) is 13.1 Å². The number of carbonyl (C=O) groups is 2. The molecule has 12 nitrogen and oxygen atoms in total. The summed E-state index contributed by atoms with van der Waals surface area (Å²) in [4.78, 5) is 46.7. The van der Waals surface area contributed by atoms with E-state index in [2.05, 4.69) is 5.10 Å². The number of piperidine rings is 1. The predicted octanol–water partition coefficient (Wildman–Crippen LogP) is 0.761. The first-order valence-corrected chi connectivity index (χ1v) is 8.60. The number of non-ortho nitro benzene ring substituents is 1. The molecule has 0 radical (unpaired) electrons. The van der Waals surface area contributed by atoms with Gasteiger partial charge in [-0.2, -0.15) is 9.78 Å². The topological polar surface area (TPSA) is 171 Å². The Balaban J connectivity index is 1.87. The van der Waals surface area contributed by atoms with Gasteiger partial charge in [-0.3, -0.25) is 19.7 Å². The zero-order chi connectivity index (χ0) is 21.1. The number of likely N-dealkylation sites (tertiary alicyclic amines) is 1. The van der Waals surface area contributed by atoms with E-state index in [0.29, 0.717) is 12.8 Å². The van der Waals surface area contributed by atoms with Crippen molar-refractivity contribution in [3.63, 3.8) is 0 Å². The molecule has 0 bridgehead atoms. The van der Waals surface area contributed by atoms with Gasteiger partial charge in [0.2, 0.25) is 0 Å². The highest BCUT2D eigenvalue weighted by Gasteiger charge is 2.26. The van der Waals surface area contributed by atoms with Gasteiger partial charge < -0.3 is 20.5 Å². The van der Waals surface area contributed by atoms with Gasteiger partial charge in [0.25, 0.3) is 17.2 Å². The van der Waals surface area contributed by atoms with Crippen molar-refractivity contribution < 1.29 is 24.4 Å². The van der Waals surface area contributed by atoms with E-state index in [9.17, 15) is 24.5 Å². The fourth-order valence-electron chi connectivity index (χ4n) is 2.95. The zero-order valence-electron chi connectivity index (χ0n) is 15.1. The number of aromatic nitrogens is 2. The second-order valence-electron chi connectivity index (χ2n) is 6.33. The molecule has 152 valence electrons. The average molecular weight is 403 g/mol. The van der Waals surface area contributed by atoms with Crippen molar-refractivity contribution in [3.05, 3.63) is 56.5 Å².